The van der Waals surface area contributed by atoms with Crippen molar-refractivity contribution in [2.24, 2.45) is 0 Å². The first-order valence-corrected chi connectivity index (χ1v) is 11.8. The van der Waals surface area contributed by atoms with Crippen molar-refractivity contribution < 1.29 is 9.53 Å². The molecule has 34 heavy (non-hydrogen) atoms. The normalized spacial score (nSPS) is 18.3. The summed E-state index contributed by atoms with van der Waals surface area (Å²) in [5.74, 6) is 0.484. The zero-order valence-electron chi connectivity index (χ0n) is 18.8. The molecule has 4 aromatic rings. The number of aromatic amines is 1. The van der Waals surface area contributed by atoms with Crippen molar-refractivity contribution in [2.45, 2.75) is 25.5 Å². The third-order valence-electron chi connectivity index (χ3n) is 5.93. The van der Waals surface area contributed by atoms with Gasteiger partial charge in [-0.15, -0.1) is 0 Å². The van der Waals surface area contributed by atoms with Gasteiger partial charge in [0.25, 0.3) is 5.91 Å². The summed E-state index contributed by atoms with van der Waals surface area (Å²) in [6.07, 6.45) is 3.52. The minimum atomic E-state index is -0.184. The number of rotatable bonds is 6. The molecule has 5 rings (SSSR count). The minimum Gasteiger partial charge on any atom is -0.489 e. The molecule has 2 N–H and O–H groups in total. The molecule has 1 saturated heterocycles. The molecule has 0 unspecified atom stereocenters. The Labute approximate surface area is 199 Å². The first-order valence-electron chi connectivity index (χ1n) is 10.9. The highest BCUT2D eigenvalue weighted by Crippen LogP contribution is 2.27. The summed E-state index contributed by atoms with van der Waals surface area (Å²) in [6, 6.07) is 10.9. The van der Waals surface area contributed by atoms with Crippen molar-refractivity contribution in [3.8, 4) is 5.75 Å². The fraction of sp³-hybridized carbons (Fsp3) is 0.292. The molecule has 1 fully saturated rings. The van der Waals surface area contributed by atoms with Gasteiger partial charge in [0.2, 0.25) is 0 Å². The summed E-state index contributed by atoms with van der Waals surface area (Å²) in [6.45, 7) is 3.76. The van der Waals surface area contributed by atoms with Gasteiger partial charge in [0.05, 0.1) is 11.6 Å². The average Bonchev–Trinajstić information content (AvgIpc) is 3.42. The smallest absolute Gasteiger partial charge is 0.322 e. The maximum atomic E-state index is 12.9. The van der Waals surface area contributed by atoms with Gasteiger partial charge >= 0.3 is 4.87 Å². The number of ether oxygens (including phenoxy) is 1. The molecule has 0 radical (unpaired) electrons. The molecule has 174 valence electrons. The number of hydrogen-bond donors (Lipinski definition) is 2. The molecule has 10 heteroatoms. The van der Waals surface area contributed by atoms with E-state index in [0.717, 1.165) is 45.0 Å². The van der Waals surface area contributed by atoms with Gasteiger partial charge in [0, 0.05) is 53.6 Å². The summed E-state index contributed by atoms with van der Waals surface area (Å²) in [7, 11) is 1.99. The molecule has 3 aromatic heterocycles. The lowest BCUT2D eigenvalue weighted by molar-refractivity contribution is 0.0935. The van der Waals surface area contributed by atoms with Gasteiger partial charge in [-0.1, -0.05) is 11.3 Å². The van der Waals surface area contributed by atoms with Crippen LogP contribution >= 0.6 is 11.3 Å². The Kier molecular flexibility index (Phi) is 6.08. The number of carbonyl (C=O) groups is 1. The van der Waals surface area contributed by atoms with E-state index >= 15 is 0 Å². The van der Waals surface area contributed by atoms with Gasteiger partial charge in [0.15, 0.2) is 0 Å². The Balaban J connectivity index is 1.24. The van der Waals surface area contributed by atoms with Crippen molar-refractivity contribution in [2.75, 3.05) is 20.1 Å². The molecule has 0 bridgehead atoms. The van der Waals surface area contributed by atoms with Gasteiger partial charge in [0.1, 0.15) is 17.4 Å². The fourth-order valence-corrected chi connectivity index (χ4v) is 5.08. The second kappa shape index (κ2) is 9.32. The van der Waals surface area contributed by atoms with Gasteiger partial charge in [-0.25, -0.2) is 5.10 Å². The molecule has 0 saturated carbocycles. The van der Waals surface area contributed by atoms with Crippen molar-refractivity contribution in [1.82, 2.24) is 30.4 Å². The van der Waals surface area contributed by atoms with E-state index in [2.05, 4.69) is 30.4 Å². The monoisotopic (exact) mass is 476 g/mol. The largest absolute Gasteiger partial charge is 0.489 e. The van der Waals surface area contributed by atoms with Crippen molar-refractivity contribution in [3.05, 3.63) is 80.3 Å². The van der Waals surface area contributed by atoms with E-state index in [-0.39, 0.29) is 22.7 Å². The fourth-order valence-electron chi connectivity index (χ4n) is 4.32. The molecule has 1 aliphatic rings. The van der Waals surface area contributed by atoms with Crippen LogP contribution in [0.3, 0.4) is 0 Å². The van der Waals surface area contributed by atoms with Crippen molar-refractivity contribution in [1.29, 1.82) is 0 Å². The van der Waals surface area contributed by atoms with E-state index in [0.29, 0.717) is 24.5 Å². The lowest BCUT2D eigenvalue weighted by atomic mass is 10.0. The van der Waals surface area contributed by atoms with Crippen LogP contribution in [0.15, 0.2) is 53.6 Å². The highest BCUT2D eigenvalue weighted by molar-refractivity contribution is 7.08. The Morgan fingerprint density at radius 2 is 2.09 bits per heavy atom. The Morgan fingerprint density at radius 3 is 2.85 bits per heavy atom. The molecule has 1 aromatic carbocycles. The number of aromatic nitrogens is 4. The summed E-state index contributed by atoms with van der Waals surface area (Å²) >= 11 is 1.10. The third kappa shape index (κ3) is 4.68. The number of carbonyl (C=O) groups excluding carboxylic acids is 1. The number of fused-ring (bicyclic) bond motifs is 1. The molecule has 0 spiro atoms. The van der Waals surface area contributed by atoms with Crippen LogP contribution in [0.5, 0.6) is 5.75 Å². The van der Waals surface area contributed by atoms with E-state index in [1.54, 1.807) is 36.7 Å². The first kappa shape index (κ1) is 22.2. The number of amides is 1. The molecule has 9 nitrogen and oxygen atoms in total. The number of likely N-dealkylation sites (N-methyl/N-ethyl adjacent to an activating group) is 1. The predicted molar refractivity (Wildman–Crippen MR) is 129 cm³/mol. The van der Waals surface area contributed by atoms with Crippen LogP contribution in [0.1, 0.15) is 32.5 Å². The van der Waals surface area contributed by atoms with Crippen LogP contribution in [-0.2, 0) is 6.61 Å². The first-order chi connectivity index (χ1) is 16.5. The molecule has 1 amide bonds. The summed E-state index contributed by atoms with van der Waals surface area (Å²) in [5, 5.41) is 11.4. The van der Waals surface area contributed by atoms with E-state index in [1.165, 1.54) is 0 Å². The highest BCUT2D eigenvalue weighted by atomic mass is 32.1. The molecular weight excluding hydrogens is 452 g/mol. The lowest BCUT2D eigenvalue weighted by Crippen LogP contribution is -2.39. The Hall–Kier alpha value is -3.63. The van der Waals surface area contributed by atoms with Crippen LogP contribution in [0, 0.1) is 6.92 Å². The van der Waals surface area contributed by atoms with Gasteiger partial charge < -0.3 is 15.0 Å². The SMILES string of the molecule is Cc1cc(COc2ccc(C(=O)N[C@@H]3CN(C)C[C@@H]3c3n[nH]c(=O)s3)cc2)c2cnccc2n1. The zero-order valence-corrected chi connectivity index (χ0v) is 19.6. The summed E-state index contributed by atoms with van der Waals surface area (Å²) < 4.78 is 5.98. The van der Waals surface area contributed by atoms with Crippen LogP contribution in [0.4, 0.5) is 0 Å². The second-order valence-electron chi connectivity index (χ2n) is 8.49. The van der Waals surface area contributed by atoms with Gasteiger partial charge in [-0.3, -0.25) is 19.6 Å². The standard InChI is InChI=1S/C24H24N6O3S/c1-14-9-16(18-10-25-8-7-20(18)26-14)13-33-17-5-3-15(4-6-17)22(31)27-21-12-30(2)11-19(21)23-28-29-24(32)34-23/h3-10,19,21H,11-13H2,1-2H3,(H,27,31)(H,29,32)/t19-,21+/m0/s1. The Bertz CT molecular complexity index is 1380. The maximum Gasteiger partial charge on any atom is 0.322 e. The molecule has 1 aliphatic heterocycles. The average molecular weight is 477 g/mol. The second-order valence-corrected chi connectivity index (χ2v) is 9.48. The highest BCUT2D eigenvalue weighted by Gasteiger charge is 2.35. The van der Waals surface area contributed by atoms with Gasteiger partial charge in [-0.05, 0) is 50.4 Å². The van der Waals surface area contributed by atoms with Crippen LogP contribution < -0.4 is 14.9 Å². The third-order valence-corrected chi connectivity index (χ3v) is 6.81. The van der Waals surface area contributed by atoms with E-state index in [4.69, 9.17) is 4.74 Å². The number of nitrogens with zero attached hydrogens (tertiary/aromatic N) is 4. The van der Waals surface area contributed by atoms with Crippen LogP contribution in [0.25, 0.3) is 10.9 Å². The van der Waals surface area contributed by atoms with Crippen LogP contribution in [0.2, 0.25) is 0 Å². The summed E-state index contributed by atoms with van der Waals surface area (Å²) in [4.78, 5) is 35.1. The lowest BCUT2D eigenvalue weighted by Gasteiger charge is -2.18. The number of pyridine rings is 2. The van der Waals surface area contributed by atoms with E-state index in [9.17, 15) is 9.59 Å². The number of aryl methyl sites for hydroxylation is 1. The van der Waals surface area contributed by atoms with E-state index < -0.39 is 0 Å². The summed E-state index contributed by atoms with van der Waals surface area (Å²) in [5.41, 5.74) is 3.36. The van der Waals surface area contributed by atoms with Crippen molar-refractivity contribution >= 4 is 28.1 Å². The number of nitrogens with one attached hydrogen (secondary N) is 2. The topological polar surface area (TPSA) is 113 Å². The number of hydrogen-bond acceptors (Lipinski definition) is 8. The van der Waals surface area contributed by atoms with E-state index in [1.807, 2.05) is 26.1 Å². The minimum absolute atomic E-state index is 0.0198. The number of H-pyrrole nitrogens is 1. The molecule has 0 aliphatic carbocycles. The molecular formula is C24H24N6O3S. The van der Waals surface area contributed by atoms with Crippen molar-refractivity contribution in [3.63, 3.8) is 0 Å². The maximum absolute atomic E-state index is 12.9. The molecule has 2 atom stereocenters. The zero-order chi connectivity index (χ0) is 23.7. The molecule has 4 heterocycles. The Morgan fingerprint density at radius 1 is 1.26 bits per heavy atom. The number of benzene rings is 1. The van der Waals surface area contributed by atoms with Crippen LogP contribution in [-0.4, -0.2) is 57.2 Å². The quantitative estimate of drug-likeness (QED) is 0.440. The predicted octanol–water partition coefficient (Wildman–Crippen LogP) is 2.49. The number of likely N-dealkylation sites (tertiary alicyclic amines) is 1. The van der Waals surface area contributed by atoms with Gasteiger partial charge in [-0.2, -0.15) is 5.10 Å².